The van der Waals surface area contributed by atoms with Crippen molar-refractivity contribution in [2.45, 2.75) is 32.2 Å². The molecule has 0 radical (unpaired) electrons. The first-order valence-corrected chi connectivity index (χ1v) is 11.2. The lowest BCUT2D eigenvalue weighted by Crippen LogP contribution is -2.49. The van der Waals surface area contributed by atoms with Gasteiger partial charge in [-0.15, -0.1) is 0 Å². The van der Waals surface area contributed by atoms with Gasteiger partial charge in [0, 0.05) is 36.8 Å². The van der Waals surface area contributed by atoms with Crippen molar-refractivity contribution >= 4 is 11.8 Å². The monoisotopic (exact) mass is 436 g/mol. The third-order valence-electron chi connectivity index (χ3n) is 5.71. The first kappa shape index (κ1) is 23.4. The van der Waals surface area contributed by atoms with Crippen LogP contribution in [0.3, 0.4) is 0 Å². The van der Waals surface area contributed by atoms with Crippen molar-refractivity contribution in [2.75, 3.05) is 33.4 Å². The van der Waals surface area contributed by atoms with Gasteiger partial charge in [0.2, 0.25) is 0 Å². The van der Waals surface area contributed by atoms with Crippen LogP contribution in [-0.2, 0) is 0 Å². The van der Waals surface area contributed by atoms with E-state index in [1.54, 1.807) is 31.4 Å². The van der Waals surface area contributed by atoms with E-state index in [9.17, 15) is 9.59 Å². The average Bonchev–Trinajstić information content (AvgIpc) is 2.85. The van der Waals surface area contributed by atoms with Gasteiger partial charge in [-0.25, -0.2) is 0 Å². The molecule has 2 amide bonds. The summed E-state index contributed by atoms with van der Waals surface area (Å²) in [6.07, 6.45) is 4.06. The number of hydrogen-bond acceptors (Lipinski definition) is 4. The number of hydrogen-bond donors (Lipinski definition) is 0. The van der Waals surface area contributed by atoms with E-state index in [4.69, 9.17) is 9.47 Å². The molecule has 1 aliphatic rings. The van der Waals surface area contributed by atoms with Gasteiger partial charge in [0.1, 0.15) is 6.61 Å². The number of benzene rings is 2. The molecule has 0 bridgehead atoms. The fraction of sp³-hybridized carbons (Fsp3) is 0.385. The fourth-order valence-corrected chi connectivity index (χ4v) is 4.07. The molecule has 1 saturated heterocycles. The molecule has 32 heavy (non-hydrogen) atoms. The first-order chi connectivity index (χ1) is 15.6. The van der Waals surface area contributed by atoms with Gasteiger partial charge in [-0.1, -0.05) is 37.8 Å². The molecule has 0 aromatic heterocycles. The molecule has 0 aliphatic carbocycles. The second-order valence-electron chi connectivity index (χ2n) is 7.85. The number of amides is 2. The van der Waals surface area contributed by atoms with E-state index in [2.05, 4.69) is 13.5 Å². The van der Waals surface area contributed by atoms with Crippen molar-refractivity contribution in [1.82, 2.24) is 9.80 Å². The van der Waals surface area contributed by atoms with Gasteiger partial charge in [0.05, 0.1) is 7.11 Å². The van der Waals surface area contributed by atoms with Crippen molar-refractivity contribution in [3.05, 3.63) is 72.3 Å². The van der Waals surface area contributed by atoms with E-state index >= 15 is 0 Å². The van der Waals surface area contributed by atoms with Crippen LogP contribution >= 0.6 is 0 Å². The molecule has 2 aromatic rings. The molecule has 1 aliphatic heterocycles. The minimum Gasteiger partial charge on any atom is -0.493 e. The largest absolute Gasteiger partial charge is 0.493 e. The number of carbonyl (C=O) groups excluding carboxylic acids is 2. The van der Waals surface area contributed by atoms with Gasteiger partial charge in [0.15, 0.2) is 11.5 Å². The molecule has 6 nitrogen and oxygen atoms in total. The van der Waals surface area contributed by atoms with Crippen LogP contribution in [0.2, 0.25) is 0 Å². The highest BCUT2D eigenvalue weighted by Gasteiger charge is 2.30. The fourth-order valence-electron chi connectivity index (χ4n) is 4.07. The molecule has 1 fully saturated rings. The number of likely N-dealkylation sites (tertiary alicyclic amines) is 1. The van der Waals surface area contributed by atoms with Crippen LogP contribution in [0, 0.1) is 0 Å². The van der Waals surface area contributed by atoms with E-state index in [0.717, 1.165) is 19.3 Å². The van der Waals surface area contributed by atoms with Crippen LogP contribution in [-0.4, -0.2) is 61.0 Å². The summed E-state index contributed by atoms with van der Waals surface area (Å²) < 4.78 is 11.0. The summed E-state index contributed by atoms with van der Waals surface area (Å²) in [4.78, 5) is 30.0. The second-order valence-corrected chi connectivity index (χ2v) is 7.85. The Balaban J connectivity index is 1.69. The molecular weight excluding hydrogens is 404 g/mol. The Hall–Kier alpha value is -3.28. The van der Waals surface area contributed by atoms with Crippen LogP contribution in [0.4, 0.5) is 0 Å². The van der Waals surface area contributed by atoms with Crippen LogP contribution in [0.15, 0.2) is 61.2 Å². The molecule has 0 atom stereocenters. The molecular formula is C26H32N2O4. The van der Waals surface area contributed by atoms with E-state index in [1.807, 2.05) is 40.1 Å². The van der Waals surface area contributed by atoms with Crippen LogP contribution in [0.25, 0.3) is 0 Å². The number of carbonyl (C=O) groups is 2. The molecule has 0 N–H and O–H groups in total. The Morgan fingerprint density at radius 2 is 1.81 bits per heavy atom. The smallest absolute Gasteiger partial charge is 0.254 e. The van der Waals surface area contributed by atoms with Crippen LogP contribution in [0.5, 0.6) is 11.5 Å². The topological polar surface area (TPSA) is 59.1 Å². The Bertz CT molecular complexity index is 921. The normalized spacial score (nSPS) is 14.0. The van der Waals surface area contributed by atoms with Gasteiger partial charge in [-0.05, 0) is 49.6 Å². The maximum absolute atomic E-state index is 13.4. The number of ether oxygens (including phenoxy) is 2. The third-order valence-corrected chi connectivity index (χ3v) is 5.71. The van der Waals surface area contributed by atoms with Crippen molar-refractivity contribution in [3.63, 3.8) is 0 Å². The molecule has 2 aromatic carbocycles. The Labute approximate surface area is 190 Å². The van der Waals surface area contributed by atoms with Gasteiger partial charge in [-0.2, -0.15) is 0 Å². The predicted octanol–water partition coefficient (Wildman–Crippen LogP) is 4.42. The lowest BCUT2D eigenvalue weighted by Gasteiger charge is -2.38. The van der Waals surface area contributed by atoms with Crippen molar-refractivity contribution in [1.29, 1.82) is 0 Å². The highest BCUT2D eigenvalue weighted by molar-refractivity contribution is 5.95. The lowest BCUT2D eigenvalue weighted by molar-refractivity contribution is 0.0519. The second kappa shape index (κ2) is 11.4. The summed E-state index contributed by atoms with van der Waals surface area (Å²) in [5, 5.41) is 0. The molecule has 3 rings (SSSR count). The summed E-state index contributed by atoms with van der Waals surface area (Å²) in [6.45, 7) is 8.05. The van der Waals surface area contributed by atoms with E-state index < -0.39 is 0 Å². The van der Waals surface area contributed by atoms with Crippen molar-refractivity contribution < 1.29 is 19.1 Å². The zero-order valence-electron chi connectivity index (χ0n) is 19.0. The van der Waals surface area contributed by atoms with Gasteiger partial charge < -0.3 is 19.3 Å². The summed E-state index contributed by atoms with van der Waals surface area (Å²) in [5.41, 5.74) is 1.28. The highest BCUT2D eigenvalue weighted by atomic mass is 16.5. The molecule has 6 heteroatoms. The molecule has 0 spiro atoms. The van der Waals surface area contributed by atoms with Crippen LogP contribution in [0.1, 0.15) is 46.9 Å². The van der Waals surface area contributed by atoms with E-state index in [1.165, 1.54) is 0 Å². The Morgan fingerprint density at radius 3 is 2.44 bits per heavy atom. The lowest BCUT2D eigenvalue weighted by atomic mass is 10.0. The van der Waals surface area contributed by atoms with Crippen molar-refractivity contribution in [3.8, 4) is 11.5 Å². The van der Waals surface area contributed by atoms with Gasteiger partial charge >= 0.3 is 0 Å². The minimum atomic E-state index is -0.0201. The summed E-state index contributed by atoms with van der Waals surface area (Å²) >= 11 is 0. The zero-order valence-corrected chi connectivity index (χ0v) is 19.0. The SMILES string of the molecule is C=CCOc1ccc(C(=O)N(CCC)C2CCN(C(=O)c3ccccc3)CC2)cc1OC. The average molecular weight is 437 g/mol. The quantitative estimate of drug-likeness (QED) is 0.546. The molecule has 0 unspecified atom stereocenters. The number of piperidine rings is 1. The minimum absolute atomic E-state index is 0.0201. The van der Waals surface area contributed by atoms with Crippen LogP contribution < -0.4 is 9.47 Å². The number of methoxy groups -OCH3 is 1. The van der Waals surface area contributed by atoms with Gasteiger partial charge in [-0.3, -0.25) is 9.59 Å². The maximum Gasteiger partial charge on any atom is 0.254 e. The summed E-state index contributed by atoms with van der Waals surface area (Å²) in [5.74, 6) is 1.14. The van der Waals surface area contributed by atoms with E-state index in [0.29, 0.717) is 48.9 Å². The summed E-state index contributed by atoms with van der Waals surface area (Å²) in [6, 6.07) is 14.7. The Kier molecular flexibility index (Phi) is 8.31. The van der Waals surface area contributed by atoms with E-state index in [-0.39, 0.29) is 17.9 Å². The molecule has 1 heterocycles. The van der Waals surface area contributed by atoms with Crippen molar-refractivity contribution in [2.24, 2.45) is 0 Å². The zero-order chi connectivity index (χ0) is 22.9. The number of rotatable bonds is 9. The predicted molar refractivity (Wildman–Crippen MR) is 125 cm³/mol. The third kappa shape index (κ3) is 5.49. The highest BCUT2D eigenvalue weighted by Crippen LogP contribution is 2.29. The molecule has 170 valence electrons. The first-order valence-electron chi connectivity index (χ1n) is 11.2. The maximum atomic E-state index is 13.4. The molecule has 0 saturated carbocycles. The van der Waals surface area contributed by atoms with Gasteiger partial charge in [0.25, 0.3) is 11.8 Å². The number of nitrogens with zero attached hydrogens (tertiary/aromatic N) is 2. The standard InChI is InChI=1S/C26H32N2O4/c1-4-15-28(26(30)21-11-12-23(32-18-5-2)24(19-21)31-3)22-13-16-27(17-14-22)25(29)20-9-7-6-8-10-20/h5-12,19,22H,2,4,13-18H2,1,3H3. The Morgan fingerprint density at radius 1 is 1.09 bits per heavy atom. The summed E-state index contributed by atoms with van der Waals surface area (Å²) in [7, 11) is 1.56.